The Bertz CT molecular complexity index is 412. The van der Waals surface area contributed by atoms with E-state index in [0.717, 1.165) is 0 Å². The standard InChI is InChI=1S/C9H12F3N3OS/c1-5(2)8(16)3-15(4-8)7-14-13-6(17-7)9(10,11)12/h5,16H,3-4H2,1-2H3. The molecule has 0 unspecified atom stereocenters. The van der Waals surface area contributed by atoms with Gasteiger partial charge in [-0.05, 0) is 5.92 Å². The number of anilines is 1. The van der Waals surface area contributed by atoms with Crippen molar-refractivity contribution >= 4 is 16.5 Å². The summed E-state index contributed by atoms with van der Waals surface area (Å²) in [6, 6.07) is 0. The Morgan fingerprint density at radius 1 is 1.35 bits per heavy atom. The van der Waals surface area contributed by atoms with E-state index in [1.54, 1.807) is 4.90 Å². The predicted octanol–water partition coefficient (Wildman–Crippen LogP) is 1.76. The maximum atomic E-state index is 12.3. The Hall–Kier alpha value is -0.890. The van der Waals surface area contributed by atoms with Crippen molar-refractivity contribution in [1.82, 2.24) is 10.2 Å². The Balaban J connectivity index is 2.05. The smallest absolute Gasteiger partial charge is 0.386 e. The van der Waals surface area contributed by atoms with E-state index in [-0.39, 0.29) is 11.0 Å². The van der Waals surface area contributed by atoms with E-state index >= 15 is 0 Å². The van der Waals surface area contributed by atoms with Gasteiger partial charge in [0.1, 0.15) is 5.60 Å². The normalized spacial score (nSPS) is 19.6. The summed E-state index contributed by atoms with van der Waals surface area (Å²) in [7, 11) is 0. The largest absolute Gasteiger partial charge is 0.445 e. The van der Waals surface area contributed by atoms with Crippen LogP contribution in [0.4, 0.5) is 18.3 Å². The van der Waals surface area contributed by atoms with Crippen molar-refractivity contribution in [2.24, 2.45) is 5.92 Å². The molecule has 1 aromatic heterocycles. The quantitative estimate of drug-likeness (QED) is 0.887. The van der Waals surface area contributed by atoms with Gasteiger partial charge in [0.15, 0.2) is 0 Å². The first kappa shape index (κ1) is 12.6. The van der Waals surface area contributed by atoms with Crippen LogP contribution in [0.15, 0.2) is 0 Å². The van der Waals surface area contributed by atoms with Crippen molar-refractivity contribution in [2.75, 3.05) is 18.0 Å². The summed E-state index contributed by atoms with van der Waals surface area (Å²) in [6.07, 6.45) is -4.45. The molecule has 0 spiro atoms. The molecular weight excluding hydrogens is 255 g/mol. The van der Waals surface area contributed by atoms with Gasteiger partial charge in [-0.2, -0.15) is 13.2 Å². The summed E-state index contributed by atoms with van der Waals surface area (Å²) < 4.78 is 36.9. The molecule has 0 bridgehead atoms. The number of aromatic nitrogens is 2. The molecule has 0 radical (unpaired) electrons. The number of β-amino-alcohol motifs (C(OH)–C–C–N with tert-alkyl or cyclic N) is 1. The molecule has 1 fully saturated rings. The van der Waals surface area contributed by atoms with Crippen molar-refractivity contribution in [3.8, 4) is 0 Å². The van der Waals surface area contributed by atoms with Gasteiger partial charge in [-0.3, -0.25) is 0 Å². The molecule has 1 aliphatic rings. The van der Waals surface area contributed by atoms with Crippen molar-refractivity contribution in [3.63, 3.8) is 0 Å². The molecular formula is C9H12F3N3OS. The minimum Gasteiger partial charge on any atom is -0.386 e. The second-order valence-electron chi connectivity index (χ2n) is 4.50. The van der Waals surface area contributed by atoms with Gasteiger partial charge in [-0.25, -0.2) is 0 Å². The summed E-state index contributed by atoms with van der Waals surface area (Å²) in [4.78, 5) is 1.60. The number of hydrogen-bond acceptors (Lipinski definition) is 5. The molecule has 8 heteroatoms. The van der Waals surface area contributed by atoms with Crippen molar-refractivity contribution < 1.29 is 18.3 Å². The lowest BCUT2D eigenvalue weighted by Gasteiger charge is -2.48. The summed E-state index contributed by atoms with van der Waals surface area (Å²) in [6.45, 7) is 4.35. The van der Waals surface area contributed by atoms with Crippen LogP contribution in [0.25, 0.3) is 0 Å². The maximum Gasteiger partial charge on any atom is 0.445 e. The van der Waals surface area contributed by atoms with Crippen molar-refractivity contribution in [2.45, 2.75) is 25.6 Å². The van der Waals surface area contributed by atoms with Gasteiger partial charge < -0.3 is 10.0 Å². The van der Waals surface area contributed by atoms with Gasteiger partial charge in [0.25, 0.3) is 0 Å². The van der Waals surface area contributed by atoms with E-state index < -0.39 is 16.8 Å². The molecule has 0 aliphatic carbocycles. The number of aliphatic hydroxyl groups is 1. The number of hydrogen-bond donors (Lipinski definition) is 1. The monoisotopic (exact) mass is 267 g/mol. The van der Waals surface area contributed by atoms with Crippen LogP contribution >= 0.6 is 11.3 Å². The van der Waals surface area contributed by atoms with Crippen LogP contribution in [0.1, 0.15) is 18.9 Å². The fourth-order valence-electron chi connectivity index (χ4n) is 1.57. The lowest BCUT2D eigenvalue weighted by molar-refractivity contribution is -0.138. The second kappa shape index (κ2) is 3.81. The van der Waals surface area contributed by atoms with Crippen molar-refractivity contribution in [3.05, 3.63) is 5.01 Å². The predicted molar refractivity (Wildman–Crippen MR) is 56.9 cm³/mol. The molecule has 0 amide bonds. The first-order valence-electron chi connectivity index (χ1n) is 5.10. The SMILES string of the molecule is CC(C)C1(O)CN(c2nnc(C(F)(F)F)s2)C1. The van der Waals surface area contributed by atoms with Gasteiger partial charge in [0.05, 0.1) is 13.1 Å². The maximum absolute atomic E-state index is 12.3. The summed E-state index contributed by atoms with van der Waals surface area (Å²) in [5.41, 5.74) is -0.829. The van der Waals surface area contributed by atoms with Crippen LogP contribution in [0.5, 0.6) is 0 Å². The Kier molecular flexibility index (Phi) is 2.81. The Labute approximate surface area is 100 Å². The van der Waals surface area contributed by atoms with E-state index in [1.807, 2.05) is 13.8 Å². The molecule has 1 aliphatic heterocycles. The van der Waals surface area contributed by atoms with Crippen LogP contribution in [0.3, 0.4) is 0 Å². The Morgan fingerprint density at radius 2 is 1.94 bits per heavy atom. The number of alkyl halides is 3. The molecule has 0 aromatic carbocycles. The van der Waals surface area contributed by atoms with Crippen LogP contribution in [-0.2, 0) is 6.18 Å². The average molecular weight is 267 g/mol. The summed E-state index contributed by atoms with van der Waals surface area (Å²) in [5, 5.41) is 15.8. The van der Waals surface area contributed by atoms with Gasteiger partial charge in [-0.1, -0.05) is 25.2 Å². The second-order valence-corrected chi connectivity index (χ2v) is 5.46. The van der Waals surface area contributed by atoms with Gasteiger partial charge in [0, 0.05) is 0 Å². The molecule has 1 N–H and O–H groups in total. The van der Waals surface area contributed by atoms with E-state index in [9.17, 15) is 18.3 Å². The summed E-state index contributed by atoms with van der Waals surface area (Å²) >= 11 is 0.504. The highest BCUT2D eigenvalue weighted by Crippen LogP contribution is 2.38. The average Bonchev–Trinajstić information content (AvgIpc) is 2.59. The third-order valence-electron chi connectivity index (χ3n) is 2.93. The molecule has 2 rings (SSSR count). The molecule has 1 aromatic rings. The van der Waals surface area contributed by atoms with Crippen LogP contribution < -0.4 is 4.90 Å². The third kappa shape index (κ3) is 2.23. The third-order valence-corrected chi connectivity index (χ3v) is 3.96. The summed E-state index contributed by atoms with van der Waals surface area (Å²) in [5.74, 6) is 0.0637. The number of halogens is 3. The highest BCUT2D eigenvalue weighted by atomic mass is 32.1. The fraction of sp³-hybridized carbons (Fsp3) is 0.778. The molecule has 96 valence electrons. The zero-order valence-electron chi connectivity index (χ0n) is 9.32. The van der Waals surface area contributed by atoms with E-state index in [1.165, 1.54) is 0 Å². The lowest BCUT2D eigenvalue weighted by Crippen LogP contribution is -2.64. The highest BCUT2D eigenvalue weighted by Gasteiger charge is 2.46. The zero-order chi connectivity index (χ0) is 12.8. The minimum atomic E-state index is -4.45. The van der Waals surface area contributed by atoms with Crippen LogP contribution in [-0.4, -0.2) is 34.0 Å². The molecule has 0 saturated carbocycles. The van der Waals surface area contributed by atoms with E-state index in [2.05, 4.69) is 10.2 Å². The fourth-order valence-corrected chi connectivity index (χ4v) is 2.28. The molecule has 0 atom stereocenters. The van der Waals surface area contributed by atoms with Gasteiger partial charge >= 0.3 is 6.18 Å². The van der Waals surface area contributed by atoms with Gasteiger partial charge in [0.2, 0.25) is 10.1 Å². The molecule has 1 saturated heterocycles. The minimum absolute atomic E-state index is 0.0637. The highest BCUT2D eigenvalue weighted by molar-refractivity contribution is 7.15. The molecule has 4 nitrogen and oxygen atoms in total. The Morgan fingerprint density at radius 3 is 2.35 bits per heavy atom. The zero-order valence-corrected chi connectivity index (χ0v) is 10.1. The number of rotatable bonds is 2. The van der Waals surface area contributed by atoms with Gasteiger partial charge in [-0.15, -0.1) is 10.2 Å². The first-order chi connectivity index (χ1) is 7.72. The van der Waals surface area contributed by atoms with Crippen LogP contribution in [0, 0.1) is 5.92 Å². The first-order valence-corrected chi connectivity index (χ1v) is 5.92. The molecule has 17 heavy (non-hydrogen) atoms. The lowest BCUT2D eigenvalue weighted by atomic mass is 9.83. The van der Waals surface area contributed by atoms with Crippen molar-refractivity contribution in [1.29, 1.82) is 0 Å². The number of nitrogens with zero attached hydrogens (tertiary/aromatic N) is 3. The topological polar surface area (TPSA) is 49.2 Å². The van der Waals surface area contributed by atoms with E-state index in [4.69, 9.17) is 0 Å². The molecule has 2 heterocycles. The van der Waals surface area contributed by atoms with Crippen LogP contribution in [0.2, 0.25) is 0 Å². The van der Waals surface area contributed by atoms with E-state index in [0.29, 0.717) is 24.4 Å².